The maximum atomic E-state index is 13.2. The number of Topliss-reactive ketones (excluding diaryl/α,β-unsaturated/α-hetero) is 2. The normalized spacial score (nSPS) is 19.6. The van der Waals surface area contributed by atoms with E-state index in [2.05, 4.69) is 0 Å². The Bertz CT molecular complexity index is 937. The summed E-state index contributed by atoms with van der Waals surface area (Å²) >= 11 is 7.94. The SMILES string of the molecule is CC(C)(C)SC1=C(C(=O)c2ccc3c(c2Cl)CCS3(=O)=O)C(=O)CCC1. The molecular formula is C19H21ClO4S2. The van der Waals surface area contributed by atoms with Crippen molar-refractivity contribution in [1.82, 2.24) is 0 Å². The van der Waals surface area contributed by atoms with Gasteiger partial charge in [-0.05, 0) is 37.0 Å². The third kappa shape index (κ3) is 3.64. The highest BCUT2D eigenvalue weighted by atomic mass is 35.5. The third-order valence-corrected chi connectivity index (χ3v) is 7.92. The molecule has 1 aliphatic heterocycles. The second-order valence-electron chi connectivity index (χ2n) is 7.59. The van der Waals surface area contributed by atoms with E-state index in [1.807, 2.05) is 20.8 Å². The summed E-state index contributed by atoms with van der Waals surface area (Å²) in [6.07, 6.45) is 2.09. The Hall–Kier alpha value is -1.11. The van der Waals surface area contributed by atoms with Crippen LogP contribution in [0.1, 0.15) is 56.0 Å². The van der Waals surface area contributed by atoms with Gasteiger partial charge in [0.25, 0.3) is 0 Å². The van der Waals surface area contributed by atoms with Crippen molar-refractivity contribution in [1.29, 1.82) is 0 Å². The standard InChI is InChI=1S/C19H21ClO4S2/c1-19(2,3)25-14-6-4-5-13(21)16(14)18(22)12-7-8-15-11(17(12)20)9-10-26(15,23)24/h7-8H,4-6,9-10H2,1-3H3. The van der Waals surface area contributed by atoms with E-state index in [4.69, 9.17) is 11.6 Å². The van der Waals surface area contributed by atoms with Gasteiger partial charge in [-0.1, -0.05) is 32.4 Å². The largest absolute Gasteiger partial charge is 0.294 e. The van der Waals surface area contributed by atoms with Crippen LogP contribution in [0, 0.1) is 0 Å². The van der Waals surface area contributed by atoms with Gasteiger partial charge in [0.15, 0.2) is 21.4 Å². The molecule has 0 atom stereocenters. The molecule has 0 unspecified atom stereocenters. The van der Waals surface area contributed by atoms with Crippen LogP contribution >= 0.6 is 23.4 Å². The van der Waals surface area contributed by atoms with Crippen molar-refractivity contribution in [2.45, 2.75) is 56.1 Å². The minimum Gasteiger partial charge on any atom is -0.294 e. The molecule has 0 spiro atoms. The molecule has 4 nitrogen and oxygen atoms in total. The quantitative estimate of drug-likeness (QED) is 0.544. The van der Waals surface area contributed by atoms with E-state index in [9.17, 15) is 18.0 Å². The fourth-order valence-electron chi connectivity index (χ4n) is 3.32. The molecule has 0 saturated heterocycles. The number of sulfone groups is 1. The van der Waals surface area contributed by atoms with Crippen LogP contribution in [0.5, 0.6) is 0 Å². The molecule has 26 heavy (non-hydrogen) atoms. The molecule has 7 heteroatoms. The van der Waals surface area contributed by atoms with Crippen molar-refractivity contribution in [2.24, 2.45) is 0 Å². The lowest BCUT2D eigenvalue weighted by Gasteiger charge is -2.25. The second-order valence-corrected chi connectivity index (χ2v) is 12.0. The highest BCUT2D eigenvalue weighted by molar-refractivity contribution is 8.04. The van der Waals surface area contributed by atoms with E-state index in [0.717, 1.165) is 11.3 Å². The predicted octanol–water partition coefficient (Wildman–Crippen LogP) is 4.39. The molecule has 0 fully saturated rings. The lowest BCUT2D eigenvalue weighted by molar-refractivity contribution is -0.115. The molecule has 2 aliphatic rings. The number of halogens is 1. The summed E-state index contributed by atoms with van der Waals surface area (Å²) in [5, 5.41) is 0.166. The molecule has 0 N–H and O–H groups in total. The van der Waals surface area contributed by atoms with E-state index in [-0.39, 0.29) is 37.3 Å². The Labute approximate surface area is 163 Å². The van der Waals surface area contributed by atoms with Gasteiger partial charge in [0.05, 0.1) is 21.2 Å². The van der Waals surface area contributed by atoms with Gasteiger partial charge in [0.2, 0.25) is 0 Å². The van der Waals surface area contributed by atoms with Crippen LogP contribution in [-0.4, -0.2) is 30.5 Å². The topological polar surface area (TPSA) is 68.3 Å². The maximum absolute atomic E-state index is 13.2. The van der Waals surface area contributed by atoms with E-state index >= 15 is 0 Å². The third-order valence-electron chi connectivity index (χ3n) is 4.42. The van der Waals surface area contributed by atoms with Crippen LogP contribution in [0.3, 0.4) is 0 Å². The number of allylic oxidation sites excluding steroid dienone is 2. The Morgan fingerprint density at radius 2 is 1.85 bits per heavy atom. The molecule has 0 radical (unpaired) electrons. The van der Waals surface area contributed by atoms with Crippen LogP contribution in [0.4, 0.5) is 0 Å². The number of hydrogen-bond donors (Lipinski definition) is 0. The number of thioether (sulfide) groups is 1. The molecule has 1 aromatic carbocycles. The molecule has 0 saturated carbocycles. The Morgan fingerprint density at radius 3 is 2.50 bits per heavy atom. The summed E-state index contributed by atoms with van der Waals surface area (Å²) in [6.45, 7) is 6.12. The van der Waals surface area contributed by atoms with Crippen molar-refractivity contribution in [3.05, 3.63) is 38.8 Å². The number of rotatable bonds is 3. The van der Waals surface area contributed by atoms with Crippen LogP contribution in [0.25, 0.3) is 0 Å². The molecular weight excluding hydrogens is 392 g/mol. The number of hydrogen-bond acceptors (Lipinski definition) is 5. The van der Waals surface area contributed by atoms with Crippen LogP contribution < -0.4 is 0 Å². The number of fused-ring (bicyclic) bond motifs is 1. The summed E-state index contributed by atoms with van der Waals surface area (Å²) in [4.78, 5) is 26.7. The lowest BCUT2D eigenvalue weighted by Crippen LogP contribution is -2.21. The maximum Gasteiger partial charge on any atom is 0.198 e. The summed E-state index contributed by atoms with van der Waals surface area (Å²) < 4.78 is 24.0. The molecule has 0 amide bonds. The van der Waals surface area contributed by atoms with Gasteiger partial charge in [0, 0.05) is 21.6 Å². The first-order chi connectivity index (χ1) is 12.0. The zero-order valence-electron chi connectivity index (χ0n) is 15.0. The zero-order chi connectivity index (χ0) is 19.3. The van der Waals surface area contributed by atoms with Gasteiger partial charge < -0.3 is 0 Å². The average molecular weight is 413 g/mol. The van der Waals surface area contributed by atoms with Crippen molar-refractivity contribution in [3.63, 3.8) is 0 Å². The fraction of sp³-hybridized carbons (Fsp3) is 0.474. The molecule has 3 rings (SSSR count). The van der Waals surface area contributed by atoms with E-state index in [1.54, 1.807) is 11.8 Å². The highest BCUT2D eigenvalue weighted by Gasteiger charge is 2.34. The van der Waals surface area contributed by atoms with Crippen molar-refractivity contribution < 1.29 is 18.0 Å². The fourth-order valence-corrected chi connectivity index (χ4v) is 6.57. The highest BCUT2D eigenvalue weighted by Crippen LogP contribution is 2.41. The van der Waals surface area contributed by atoms with Crippen molar-refractivity contribution in [2.75, 3.05) is 5.75 Å². The molecule has 140 valence electrons. The molecule has 1 aromatic rings. The Morgan fingerprint density at radius 1 is 1.15 bits per heavy atom. The molecule has 0 bridgehead atoms. The first kappa shape index (κ1) is 19.6. The first-order valence-electron chi connectivity index (χ1n) is 8.55. The minimum atomic E-state index is -3.32. The van der Waals surface area contributed by atoms with Crippen LogP contribution in [0.2, 0.25) is 5.02 Å². The molecule has 0 aromatic heterocycles. The van der Waals surface area contributed by atoms with Gasteiger partial charge >= 0.3 is 0 Å². The number of carbonyl (C=O) groups is 2. The van der Waals surface area contributed by atoms with E-state index in [0.29, 0.717) is 24.8 Å². The molecule has 1 aliphatic carbocycles. The summed E-state index contributed by atoms with van der Waals surface area (Å²) in [6, 6.07) is 2.89. The second kappa shape index (κ2) is 6.80. The average Bonchev–Trinajstić information content (AvgIpc) is 2.82. The van der Waals surface area contributed by atoms with Crippen molar-refractivity contribution >= 4 is 44.8 Å². The van der Waals surface area contributed by atoms with Gasteiger partial charge in [-0.15, -0.1) is 11.8 Å². The predicted molar refractivity (Wildman–Crippen MR) is 105 cm³/mol. The number of carbonyl (C=O) groups excluding carboxylic acids is 2. The summed E-state index contributed by atoms with van der Waals surface area (Å²) in [5.41, 5.74) is 0.935. The monoisotopic (exact) mass is 412 g/mol. The number of ketones is 2. The smallest absolute Gasteiger partial charge is 0.198 e. The van der Waals surface area contributed by atoms with Crippen LogP contribution in [-0.2, 0) is 21.1 Å². The summed E-state index contributed by atoms with van der Waals surface area (Å²) in [5.74, 6) is -0.539. The van der Waals surface area contributed by atoms with Gasteiger partial charge in [0.1, 0.15) is 0 Å². The van der Waals surface area contributed by atoms with Gasteiger partial charge in [-0.25, -0.2) is 8.42 Å². The zero-order valence-corrected chi connectivity index (χ0v) is 17.4. The van der Waals surface area contributed by atoms with Gasteiger partial charge in [-0.3, -0.25) is 9.59 Å². The van der Waals surface area contributed by atoms with Gasteiger partial charge in [-0.2, -0.15) is 0 Å². The minimum absolute atomic E-state index is 0.00640. The summed E-state index contributed by atoms with van der Waals surface area (Å²) in [7, 11) is -3.32. The lowest BCUT2D eigenvalue weighted by atomic mass is 9.91. The van der Waals surface area contributed by atoms with E-state index in [1.165, 1.54) is 12.1 Å². The Balaban J connectivity index is 2.09. The number of benzene rings is 1. The van der Waals surface area contributed by atoms with E-state index < -0.39 is 15.6 Å². The van der Waals surface area contributed by atoms with Crippen molar-refractivity contribution in [3.8, 4) is 0 Å². The molecule has 1 heterocycles. The first-order valence-corrected chi connectivity index (χ1v) is 11.4. The Kier molecular flexibility index (Phi) is 5.14. The van der Waals surface area contributed by atoms with Crippen LogP contribution in [0.15, 0.2) is 27.5 Å².